The highest BCUT2D eigenvalue weighted by Gasteiger charge is 2.08. The van der Waals surface area contributed by atoms with Gasteiger partial charge in [0.05, 0.1) is 6.10 Å². The Balaban J connectivity index is 1.83. The minimum absolute atomic E-state index is 0.207. The Morgan fingerprint density at radius 2 is 1.95 bits per heavy atom. The summed E-state index contributed by atoms with van der Waals surface area (Å²) in [7, 11) is 0. The summed E-state index contributed by atoms with van der Waals surface area (Å²) in [4.78, 5) is 4.43. The Morgan fingerprint density at radius 1 is 1.14 bits per heavy atom. The van der Waals surface area contributed by atoms with E-state index in [1.807, 2.05) is 24.4 Å². The molecule has 0 saturated heterocycles. The predicted molar refractivity (Wildman–Crippen MR) is 88.8 cm³/mol. The molecule has 0 aliphatic rings. The minimum atomic E-state index is 0.207. The zero-order valence-electron chi connectivity index (χ0n) is 13.3. The summed E-state index contributed by atoms with van der Waals surface area (Å²) in [5.41, 5.74) is 0.949. The van der Waals surface area contributed by atoms with Crippen molar-refractivity contribution >= 4 is 10.9 Å². The number of aromatic nitrogens is 1. The lowest BCUT2D eigenvalue weighted by molar-refractivity contribution is 0.209. The van der Waals surface area contributed by atoms with Crippen LogP contribution in [0.4, 0.5) is 0 Å². The van der Waals surface area contributed by atoms with Crippen LogP contribution in [-0.2, 0) is 0 Å². The van der Waals surface area contributed by atoms with Crippen molar-refractivity contribution in [3.05, 3.63) is 36.5 Å². The van der Waals surface area contributed by atoms with Crippen LogP contribution in [0.5, 0.6) is 5.75 Å². The number of benzene rings is 1. The quantitative estimate of drug-likeness (QED) is 0.744. The lowest BCUT2D eigenvalue weighted by Gasteiger charge is -2.16. The molecule has 0 aliphatic carbocycles. The van der Waals surface area contributed by atoms with Crippen molar-refractivity contribution in [2.24, 2.45) is 5.92 Å². The molecule has 2 rings (SSSR count). The molecule has 2 aromatic rings. The molecule has 1 atom stereocenters. The lowest BCUT2D eigenvalue weighted by atomic mass is 10.2. The smallest absolute Gasteiger partial charge is 0.145 e. The second-order valence-electron chi connectivity index (χ2n) is 6.00. The molecule has 1 aromatic heterocycles. The Bertz CT molecular complexity index is 548. The van der Waals surface area contributed by atoms with Gasteiger partial charge in [0.25, 0.3) is 0 Å². The third-order valence-electron chi connectivity index (χ3n) is 3.44. The summed E-state index contributed by atoms with van der Waals surface area (Å²) >= 11 is 0. The summed E-state index contributed by atoms with van der Waals surface area (Å²) in [6.07, 6.45) is 4.20. The highest BCUT2D eigenvalue weighted by molar-refractivity contribution is 5.84. The highest BCUT2D eigenvalue weighted by atomic mass is 16.5. The van der Waals surface area contributed by atoms with Gasteiger partial charge in [0.2, 0.25) is 0 Å². The SMILES string of the molecule is CC(C)CNCCCC(C)Oc1cccc2cccnc12. The number of hydrogen-bond donors (Lipinski definition) is 1. The number of fused-ring (bicyclic) bond motifs is 1. The molecular formula is C18H26N2O. The summed E-state index contributed by atoms with van der Waals surface area (Å²) in [6.45, 7) is 8.73. The number of hydrogen-bond acceptors (Lipinski definition) is 3. The van der Waals surface area contributed by atoms with Crippen LogP contribution in [0.1, 0.15) is 33.6 Å². The van der Waals surface area contributed by atoms with Gasteiger partial charge in [0.15, 0.2) is 0 Å². The molecule has 0 amide bonds. The average molecular weight is 286 g/mol. The van der Waals surface area contributed by atoms with E-state index in [0.29, 0.717) is 5.92 Å². The maximum Gasteiger partial charge on any atom is 0.145 e. The molecule has 21 heavy (non-hydrogen) atoms. The van der Waals surface area contributed by atoms with Crippen LogP contribution < -0.4 is 10.1 Å². The molecule has 0 aliphatic heterocycles. The average Bonchev–Trinajstić information content (AvgIpc) is 2.47. The Hall–Kier alpha value is -1.61. The van der Waals surface area contributed by atoms with Crippen molar-refractivity contribution in [3.63, 3.8) is 0 Å². The fourth-order valence-corrected chi connectivity index (χ4v) is 2.35. The Labute approximate surface area is 127 Å². The topological polar surface area (TPSA) is 34.1 Å². The molecule has 3 heteroatoms. The Kier molecular flexibility index (Phi) is 6.00. The number of pyridine rings is 1. The van der Waals surface area contributed by atoms with E-state index in [1.54, 1.807) is 0 Å². The van der Waals surface area contributed by atoms with Gasteiger partial charge in [-0.3, -0.25) is 4.98 Å². The number of nitrogens with zero attached hydrogens (tertiary/aromatic N) is 1. The number of para-hydroxylation sites is 1. The summed E-state index contributed by atoms with van der Waals surface area (Å²) < 4.78 is 6.06. The van der Waals surface area contributed by atoms with E-state index in [-0.39, 0.29) is 6.10 Å². The van der Waals surface area contributed by atoms with Crippen LogP contribution in [0.2, 0.25) is 0 Å². The molecule has 1 aromatic carbocycles. The van der Waals surface area contributed by atoms with Crippen molar-refractivity contribution in [3.8, 4) is 5.75 Å². The van der Waals surface area contributed by atoms with E-state index >= 15 is 0 Å². The van der Waals surface area contributed by atoms with E-state index in [0.717, 1.165) is 42.6 Å². The first kappa shape index (κ1) is 15.8. The van der Waals surface area contributed by atoms with Crippen molar-refractivity contribution in [2.45, 2.75) is 39.7 Å². The molecule has 1 unspecified atom stereocenters. The van der Waals surface area contributed by atoms with E-state index < -0.39 is 0 Å². The number of nitrogens with one attached hydrogen (secondary N) is 1. The highest BCUT2D eigenvalue weighted by Crippen LogP contribution is 2.24. The van der Waals surface area contributed by atoms with Gasteiger partial charge in [-0.25, -0.2) is 0 Å². The van der Waals surface area contributed by atoms with E-state index in [4.69, 9.17) is 4.74 Å². The molecule has 0 radical (unpaired) electrons. The molecule has 1 N–H and O–H groups in total. The number of rotatable bonds is 8. The van der Waals surface area contributed by atoms with Crippen LogP contribution in [0.25, 0.3) is 10.9 Å². The first-order chi connectivity index (χ1) is 10.2. The minimum Gasteiger partial charge on any atom is -0.488 e. The predicted octanol–water partition coefficient (Wildman–Crippen LogP) is 4.03. The maximum absolute atomic E-state index is 6.06. The largest absolute Gasteiger partial charge is 0.488 e. The summed E-state index contributed by atoms with van der Waals surface area (Å²) in [5.74, 6) is 1.59. The van der Waals surface area contributed by atoms with Gasteiger partial charge in [-0.15, -0.1) is 0 Å². The zero-order valence-corrected chi connectivity index (χ0v) is 13.3. The second kappa shape index (κ2) is 7.99. The van der Waals surface area contributed by atoms with Crippen LogP contribution >= 0.6 is 0 Å². The standard InChI is InChI=1S/C18H26N2O/c1-14(2)13-19-11-5-7-15(3)21-17-10-4-8-16-9-6-12-20-18(16)17/h4,6,8-10,12,14-15,19H,5,7,11,13H2,1-3H3. The number of ether oxygens (including phenoxy) is 1. The molecule has 114 valence electrons. The van der Waals surface area contributed by atoms with Crippen molar-refractivity contribution in [2.75, 3.05) is 13.1 Å². The van der Waals surface area contributed by atoms with Crippen LogP contribution in [-0.4, -0.2) is 24.2 Å². The van der Waals surface area contributed by atoms with E-state index in [2.05, 4.69) is 43.2 Å². The molecule has 0 bridgehead atoms. The monoisotopic (exact) mass is 286 g/mol. The van der Waals surface area contributed by atoms with Crippen LogP contribution in [0.15, 0.2) is 36.5 Å². The first-order valence-corrected chi connectivity index (χ1v) is 7.88. The fourth-order valence-electron chi connectivity index (χ4n) is 2.35. The maximum atomic E-state index is 6.06. The van der Waals surface area contributed by atoms with Gasteiger partial charge in [-0.1, -0.05) is 32.0 Å². The van der Waals surface area contributed by atoms with Gasteiger partial charge in [-0.2, -0.15) is 0 Å². The third kappa shape index (κ3) is 5.01. The normalized spacial score (nSPS) is 12.8. The first-order valence-electron chi connectivity index (χ1n) is 7.88. The van der Waals surface area contributed by atoms with Crippen molar-refractivity contribution in [1.29, 1.82) is 0 Å². The van der Waals surface area contributed by atoms with Crippen LogP contribution in [0.3, 0.4) is 0 Å². The summed E-state index contributed by atoms with van der Waals surface area (Å²) in [6, 6.07) is 10.1. The summed E-state index contributed by atoms with van der Waals surface area (Å²) in [5, 5.41) is 4.59. The second-order valence-corrected chi connectivity index (χ2v) is 6.00. The molecule has 0 fully saturated rings. The van der Waals surface area contributed by atoms with Gasteiger partial charge in [0.1, 0.15) is 11.3 Å². The Morgan fingerprint density at radius 3 is 2.76 bits per heavy atom. The zero-order chi connectivity index (χ0) is 15.1. The van der Waals surface area contributed by atoms with Crippen molar-refractivity contribution < 1.29 is 4.74 Å². The van der Waals surface area contributed by atoms with Gasteiger partial charge < -0.3 is 10.1 Å². The van der Waals surface area contributed by atoms with E-state index in [9.17, 15) is 0 Å². The lowest BCUT2D eigenvalue weighted by Crippen LogP contribution is -2.22. The van der Waals surface area contributed by atoms with Gasteiger partial charge >= 0.3 is 0 Å². The molecule has 3 nitrogen and oxygen atoms in total. The third-order valence-corrected chi connectivity index (χ3v) is 3.44. The van der Waals surface area contributed by atoms with Crippen molar-refractivity contribution in [1.82, 2.24) is 10.3 Å². The van der Waals surface area contributed by atoms with Gasteiger partial charge in [-0.05, 0) is 50.9 Å². The van der Waals surface area contributed by atoms with Gasteiger partial charge in [0, 0.05) is 11.6 Å². The molecular weight excluding hydrogens is 260 g/mol. The molecule has 1 heterocycles. The van der Waals surface area contributed by atoms with E-state index in [1.165, 1.54) is 0 Å². The van der Waals surface area contributed by atoms with Crippen LogP contribution in [0, 0.1) is 5.92 Å². The molecule has 0 spiro atoms. The fraction of sp³-hybridized carbons (Fsp3) is 0.500. The molecule has 0 saturated carbocycles.